The second-order valence-electron chi connectivity index (χ2n) is 2.75. The molecule has 0 aliphatic rings. The molecule has 0 atom stereocenters. The Bertz CT molecular complexity index is 379. The second kappa shape index (κ2) is 4.94. The molecule has 15 heavy (non-hydrogen) atoms. The van der Waals surface area contributed by atoms with Gasteiger partial charge in [0.1, 0.15) is 0 Å². The molecule has 1 heterocycles. The molecule has 6 heteroatoms. The van der Waals surface area contributed by atoms with E-state index in [4.69, 9.17) is 5.73 Å². The minimum atomic E-state index is -0.554. The average Bonchev–Trinajstić information content (AvgIpc) is 2.26. The summed E-state index contributed by atoms with van der Waals surface area (Å²) in [5.74, 6) is -0.531. The number of alkyl carbamates (subject to hydrolysis) is 1. The van der Waals surface area contributed by atoms with Crippen LogP contribution in [0.25, 0.3) is 0 Å². The summed E-state index contributed by atoms with van der Waals surface area (Å²) in [6.07, 6.45) is 0.898. The Labute approximate surface area is 86.4 Å². The molecule has 6 nitrogen and oxygen atoms in total. The Morgan fingerprint density at radius 1 is 1.60 bits per heavy atom. The van der Waals surface area contributed by atoms with Crippen molar-refractivity contribution >= 4 is 12.0 Å². The summed E-state index contributed by atoms with van der Waals surface area (Å²) in [4.78, 5) is 25.5. The first-order chi connectivity index (χ1) is 7.13. The molecule has 0 unspecified atom stereocenters. The predicted molar refractivity (Wildman–Crippen MR) is 52.0 cm³/mol. The monoisotopic (exact) mass is 209 g/mol. The normalized spacial score (nSPS) is 9.40. The molecule has 0 bridgehead atoms. The second-order valence-corrected chi connectivity index (χ2v) is 2.75. The number of hydrogen-bond donors (Lipinski definition) is 2. The van der Waals surface area contributed by atoms with E-state index in [0.29, 0.717) is 11.3 Å². The highest BCUT2D eigenvalue weighted by Gasteiger charge is 2.03. The Kier molecular flexibility index (Phi) is 3.61. The number of carbonyl (C=O) groups excluding carboxylic acids is 2. The molecule has 1 rings (SSSR count). The van der Waals surface area contributed by atoms with Crippen LogP contribution in [-0.2, 0) is 11.3 Å². The maximum absolute atomic E-state index is 10.8. The summed E-state index contributed by atoms with van der Waals surface area (Å²) in [6.45, 7) is 0.188. The number of ether oxygens (including phenoxy) is 1. The van der Waals surface area contributed by atoms with E-state index in [9.17, 15) is 9.59 Å². The van der Waals surface area contributed by atoms with Gasteiger partial charge in [0.15, 0.2) is 0 Å². The third kappa shape index (κ3) is 3.26. The summed E-state index contributed by atoms with van der Waals surface area (Å²) in [7, 11) is 1.27. The van der Waals surface area contributed by atoms with Gasteiger partial charge < -0.3 is 15.8 Å². The van der Waals surface area contributed by atoms with Crippen LogP contribution in [0, 0.1) is 0 Å². The third-order valence-electron chi connectivity index (χ3n) is 1.70. The van der Waals surface area contributed by atoms with Gasteiger partial charge in [-0.2, -0.15) is 0 Å². The van der Waals surface area contributed by atoms with Gasteiger partial charge in [-0.3, -0.25) is 9.78 Å². The Morgan fingerprint density at radius 2 is 2.33 bits per heavy atom. The van der Waals surface area contributed by atoms with Crippen LogP contribution in [0.5, 0.6) is 0 Å². The fourth-order valence-electron chi connectivity index (χ4n) is 0.963. The number of carbonyl (C=O) groups is 2. The first-order valence-electron chi connectivity index (χ1n) is 4.20. The molecule has 0 saturated heterocycles. The number of hydrogen-bond acceptors (Lipinski definition) is 4. The van der Waals surface area contributed by atoms with Gasteiger partial charge in [-0.1, -0.05) is 0 Å². The predicted octanol–water partition coefficient (Wildman–Crippen LogP) is 0.0365. The van der Waals surface area contributed by atoms with Gasteiger partial charge in [0, 0.05) is 11.8 Å². The van der Waals surface area contributed by atoms with Crippen molar-refractivity contribution in [2.24, 2.45) is 5.73 Å². The summed E-state index contributed by atoms with van der Waals surface area (Å²) in [5, 5.41) is 2.44. The van der Waals surface area contributed by atoms with Crippen LogP contribution in [0.15, 0.2) is 18.3 Å². The van der Waals surface area contributed by atoms with Gasteiger partial charge in [-0.15, -0.1) is 0 Å². The molecule has 0 aliphatic carbocycles. The molecule has 0 spiro atoms. The molecule has 3 N–H and O–H groups in total. The largest absolute Gasteiger partial charge is 0.453 e. The number of primary amides is 1. The van der Waals surface area contributed by atoms with Crippen molar-refractivity contribution in [2.75, 3.05) is 7.11 Å². The number of pyridine rings is 1. The van der Waals surface area contributed by atoms with E-state index in [-0.39, 0.29) is 6.54 Å². The molecule has 1 aromatic rings. The van der Waals surface area contributed by atoms with Crippen molar-refractivity contribution in [3.8, 4) is 0 Å². The van der Waals surface area contributed by atoms with Crippen LogP contribution in [0.4, 0.5) is 4.79 Å². The molecule has 0 aliphatic heterocycles. The number of rotatable bonds is 3. The lowest BCUT2D eigenvalue weighted by Crippen LogP contribution is -2.23. The van der Waals surface area contributed by atoms with Crippen molar-refractivity contribution in [1.82, 2.24) is 10.3 Å². The van der Waals surface area contributed by atoms with Crippen molar-refractivity contribution < 1.29 is 14.3 Å². The SMILES string of the molecule is COC(=O)NCc1cc(C(N)=O)ccn1. The average molecular weight is 209 g/mol. The Hall–Kier alpha value is -2.11. The van der Waals surface area contributed by atoms with E-state index < -0.39 is 12.0 Å². The van der Waals surface area contributed by atoms with Gasteiger partial charge in [0.05, 0.1) is 19.3 Å². The molecule has 2 amide bonds. The van der Waals surface area contributed by atoms with Gasteiger partial charge in [-0.25, -0.2) is 4.79 Å². The highest BCUT2D eigenvalue weighted by atomic mass is 16.5. The van der Waals surface area contributed by atoms with Crippen LogP contribution in [0.3, 0.4) is 0 Å². The smallest absolute Gasteiger partial charge is 0.407 e. The van der Waals surface area contributed by atoms with Crippen molar-refractivity contribution in [1.29, 1.82) is 0 Å². The molecule has 1 aromatic heterocycles. The van der Waals surface area contributed by atoms with Crippen molar-refractivity contribution in [3.05, 3.63) is 29.6 Å². The highest BCUT2D eigenvalue weighted by Crippen LogP contribution is 2.00. The Balaban J connectivity index is 2.66. The number of nitrogens with two attached hydrogens (primary N) is 1. The van der Waals surface area contributed by atoms with E-state index in [1.165, 1.54) is 25.4 Å². The standard InChI is InChI=1S/C9H11N3O3/c1-15-9(14)12-5-7-4-6(8(10)13)2-3-11-7/h2-4H,5H2,1H3,(H2,10,13)(H,12,14). The third-order valence-corrected chi connectivity index (χ3v) is 1.70. The molecule has 0 fully saturated rings. The zero-order chi connectivity index (χ0) is 11.3. The molecular weight excluding hydrogens is 198 g/mol. The molecule has 0 radical (unpaired) electrons. The molecular formula is C9H11N3O3. The lowest BCUT2D eigenvalue weighted by Gasteiger charge is -2.03. The molecule has 0 saturated carbocycles. The van der Waals surface area contributed by atoms with Crippen molar-refractivity contribution in [2.45, 2.75) is 6.54 Å². The first-order valence-corrected chi connectivity index (χ1v) is 4.20. The lowest BCUT2D eigenvalue weighted by molar-refractivity contribution is 0.1000. The maximum Gasteiger partial charge on any atom is 0.407 e. The first kappa shape index (κ1) is 11.0. The summed E-state index contributed by atoms with van der Waals surface area (Å²) in [6, 6.07) is 3.02. The number of nitrogens with zero attached hydrogens (tertiary/aromatic N) is 1. The number of aromatic nitrogens is 1. The summed E-state index contributed by atoms with van der Waals surface area (Å²) in [5.41, 5.74) is 5.98. The van der Waals surface area contributed by atoms with Crippen LogP contribution in [0.1, 0.15) is 16.1 Å². The Morgan fingerprint density at radius 3 is 2.93 bits per heavy atom. The summed E-state index contributed by atoms with van der Waals surface area (Å²) < 4.78 is 4.38. The zero-order valence-electron chi connectivity index (χ0n) is 8.19. The van der Waals surface area contributed by atoms with E-state index in [1.807, 2.05) is 0 Å². The van der Waals surface area contributed by atoms with E-state index in [1.54, 1.807) is 0 Å². The van der Waals surface area contributed by atoms with Crippen molar-refractivity contribution in [3.63, 3.8) is 0 Å². The quantitative estimate of drug-likeness (QED) is 0.734. The fraction of sp³-hybridized carbons (Fsp3) is 0.222. The van der Waals surface area contributed by atoms with Gasteiger partial charge in [0.2, 0.25) is 5.91 Å². The molecule has 80 valence electrons. The molecule has 0 aromatic carbocycles. The van der Waals surface area contributed by atoms with Crippen LogP contribution in [-0.4, -0.2) is 24.1 Å². The van der Waals surface area contributed by atoms with E-state index in [2.05, 4.69) is 15.0 Å². The van der Waals surface area contributed by atoms with Crippen LogP contribution in [0.2, 0.25) is 0 Å². The number of amides is 2. The number of nitrogens with one attached hydrogen (secondary N) is 1. The van der Waals surface area contributed by atoms with Gasteiger partial charge in [-0.05, 0) is 12.1 Å². The topological polar surface area (TPSA) is 94.3 Å². The van der Waals surface area contributed by atoms with Crippen LogP contribution >= 0.6 is 0 Å². The van der Waals surface area contributed by atoms with E-state index >= 15 is 0 Å². The lowest BCUT2D eigenvalue weighted by atomic mass is 10.2. The van der Waals surface area contributed by atoms with Gasteiger partial charge >= 0.3 is 6.09 Å². The highest BCUT2D eigenvalue weighted by molar-refractivity contribution is 5.92. The fourth-order valence-corrected chi connectivity index (χ4v) is 0.963. The minimum absolute atomic E-state index is 0.188. The zero-order valence-corrected chi connectivity index (χ0v) is 8.19. The summed E-state index contributed by atoms with van der Waals surface area (Å²) >= 11 is 0. The van der Waals surface area contributed by atoms with Crippen LogP contribution < -0.4 is 11.1 Å². The van der Waals surface area contributed by atoms with Gasteiger partial charge in [0.25, 0.3) is 0 Å². The number of methoxy groups -OCH3 is 1. The van der Waals surface area contributed by atoms with E-state index in [0.717, 1.165) is 0 Å². The maximum atomic E-state index is 10.8. The minimum Gasteiger partial charge on any atom is -0.453 e.